The summed E-state index contributed by atoms with van der Waals surface area (Å²) in [5.41, 5.74) is 7.13. The number of methoxy groups -OCH3 is 3. The Labute approximate surface area is 102 Å². The maximum absolute atomic E-state index is 6.01. The molecule has 17 heavy (non-hydrogen) atoms. The number of ether oxygens (including phenoxy) is 3. The lowest BCUT2D eigenvalue weighted by atomic mass is 9.75. The normalized spacial score (nSPS) is 22.8. The van der Waals surface area contributed by atoms with Crippen LogP contribution < -0.4 is 19.9 Å². The molecule has 0 aromatic heterocycles. The summed E-state index contributed by atoms with van der Waals surface area (Å²) >= 11 is 0. The van der Waals surface area contributed by atoms with Crippen LogP contribution in [-0.2, 0) is 0 Å². The van der Waals surface area contributed by atoms with E-state index in [1.54, 1.807) is 21.3 Å². The zero-order valence-corrected chi connectivity index (χ0v) is 10.5. The highest BCUT2D eigenvalue weighted by molar-refractivity contribution is 5.52. The van der Waals surface area contributed by atoms with Crippen molar-refractivity contribution in [2.24, 2.45) is 5.73 Å². The van der Waals surface area contributed by atoms with Crippen molar-refractivity contribution in [3.05, 3.63) is 17.7 Å². The summed E-state index contributed by atoms with van der Waals surface area (Å²) in [7, 11) is 4.91. The van der Waals surface area contributed by atoms with Crippen LogP contribution in [0, 0.1) is 0 Å². The molecule has 1 saturated carbocycles. The van der Waals surface area contributed by atoms with Crippen molar-refractivity contribution >= 4 is 0 Å². The second kappa shape index (κ2) is 4.84. The molecule has 0 amide bonds. The first kappa shape index (κ1) is 12.0. The largest absolute Gasteiger partial charge is 0.496 e. The third-order valence-corrected chi connectivity index (χ3v) is 3.46. The summed E-state index contributed by atoms with van der Waals surface area (Å²) < 4.78 is 16.0. The number of nitrogens with two attached hydrogens (primary N) is 1. The maximum atomic E-state index is 6.01. The number of hydrogen-bond acceptors (Lipinski definition) is 4. The molecule has 4 heteroatoms. The number of hydrogen-bond donors (Lipinski definition) is 1. The van der Waals surface area contributed by atoms with Gasteiger partial charge in [-0.05, 0) is 18.9 Å². The monoisotopic (exact) mass is 237 g/mol. The summed E-state index contributed by atoms with van der Waals surface area (Å²) in [6.07, 6.45) is 2.18. The Kier molecular flexibility index (Phi) is 3.43. The van der Waals surface area contributed by atoms with Gasteiger partial charge in [-0.3, -0.25) is 0 Å². The Morgan fingerprint density at radius 1 is 0.941 bits per heavy atom. The van der Waals surface area contributed by atoms with Crippen LogP contribution in [0.25, 0.3) is 0 Å². The van der Waals surface area contributed by atoms with E-state index in [0.29, 0.717) is 11.7 Å². The van der Waals surface area contributed by atoms with Crippen LogP contribution in [0.3, 0.4) is 0 Å². The summed E-state index contributed by atoms with van der Waals surface area (Å²) in [6, 6.07) is 4.06. The van der Waals surface area contributed by atoms with Gasteiger partial charge in [0.25, 0.3) is 0 Å². The van der Waals surface area contributed by atoms with Gasteiger partial charge >= 0.3 is 0 Å². The van der Waals surface area contributed by atoms with E-state index in [0.717, 1.165) is 29.9 Å². The van der Waals surface area contributed by atoms with Crippen molar-refractivity contribution in [3.63, 3.8) is 0 Å². The van der Waals surface area contributed by atoms with E-state index in [2.05, 4.69) is 0 Å². The molecule has 94 valence electrons. The molecule has 2 atom stereocenters. The summed E-state index contributed by atoms with van der Waals surface area (Å²) in [5, 5.41) is 0. The molecule has 0 radical (unpaired) electrons. The number of benzene rings is 1. The molecule has 0 heterocycles. The molecule has 0 aliphatic heterocycles. The highest BCUT2D eigenvalue weighted by Crippen LogP contribution is 2.44. The first-order valence-corrected chi connectivity index (χ1v) is 5.76. The minimum absolute atomic E-state index is 0.224. The van der Waals surface area contributed by atoms with E-state index in [4.69, 9.17) is 19.9 Å². The average Bonchev–Trinajstić information content (AvgIpc) is 2.36. The van der Waals surface area contributed by atoms with E-state index >= 15 is 0 Å². The fourth-order valence-electron chi connectivity index (χ4n) is 2.25. The van der Waals surface area contributed by atoms with Crippen molar-refractivity contribution in [1.82, 2.24) is 0 Å². The van der Waals surface area contributed by atoms with Crippen LogP contribution >= 0.6 is 0 Å². The average molecular weight is 237 g/mol. The lowest BCUT2D eigenvalue weighted by Gasteiger charge is -2.35. The van der Waals surface area contributed by atoms with Crippen molar-refractivity contribution in [2.45, 2.75) is 24.8 Å². The Bertz CT molecular complexity index is 406. The van der Waals surface area contributed by atoms with Gasteiger partial charge in [0.1, 0.15) is 5.75 Å². The highest BCUT2D eigenvalue weighted by atomic mass is 16.5. The van der Waals surface area contributed by atoms with E-state index in [-0.39, 0.29) is 6.04 Å². The Hall–Kier alpha value is -1.42. The molecule has 4 nitrogen and oxygen atoms in total. The Morgan fingerprint density at radius 3 is 1.94 bits per heavy atom. The molecular weight excluding hydrogens is 218 g/mol. The van der Waals surface area contributed by atoms with Gasteiger partial charge in [-0.2, -0.15) is 0 Å². The van der Waals surface area contributed by atoms with Gasteiger partial charge in [-0.25, -0.2) is 0 Å². The quantitative estimate of drug-likeness (QED) is 0.869. The zero-order valence-electron chi connectivity index (χ0n) is 10.5. The summed E-state index contributed by atoms with van der Waals surface area (Å²) in [6.45, 7) is 0. The molecular formula is C13H19NO3. The van der Waals surface area contributed by atoms with Gasteiger partial charge < -0.3 is 19.9 Å². The number of rotatable bonds is 4. The molecule has 2 N–H and O–H groups in total. The third kappa shape index (κ3) is 2.05. The van der Waals surface area contributed by atoms with Crippen LogP contribution in [0.15, 0.2) is 12.1 Å². The van der Waals surface area contributed by atoms with Crippen LogP contribution in [0.2, 0.25) is 0 Å². The molecule has 0 unspecified atom stereocenters. The predicted octanol–water partition coefficient (Wildman–Crippen LogP) is 1.92. The van der Waals surface area contributed by atoms with Crippen molar-refractivity contribution in [1.29, 1.82) is 0 Å². The van der Waals surface area contributed by atoms with Crippen molar-refractivity contribution in [2.75, 3.05) is 21.3 Å². The predicted molar refractivity (Wildman–Crippen MR) is 66.0 cm³/mol. The minimum Gasteiger partial charge on any atom is -0.496 e. The van der Waals surface area contributed by atoms with Crippen LogP contribution in [0.4, 0.5) is 0 Å². The maximum Gasteiger partial charge on any atom is 0.164 e. The standard InChI is InChI=1S/C13H19NO3/c1-15-11-7-13(17-3)12(16-2)6-9(11)8-4-5-10(8)14/h6-8,10H,4-5,14H2,1-3H3/t8-,10+/m0/s1. The molecule has 2 rings (SSSR count). The van der Waals surface area contributed by atoms with E-state index in [1.807, 2.05) is 12.1 Å². The summed E-state index contributed by atoms with van der Waals surface area (Å²) in [4.78, 5) is 0. The minimum atomic E-state index is 0.224. The lowest BCUT2D eigenvalue weighted by molar-refractivity contribution is 0.318. The van der Waals surface area contributed by atoms with Crippen LogP contribution in [-0.4, -0.2) is 27.4 Å². The van der Waals surface area contributed by atoms with E-state index in [1.165, 1.54) is 0 Å². The van der Waals surface area contributed by atoms with Crippen molar-refractivity contribution in [3.8, 4) is 17.2 Å². The van der Waals surface area contributed by atoms with E-state index in [9.17, 15) is 0 Å². The third-order valence-electron chi connectivity index (χ3n) is 3.46. The SMILES string of the molecule is COc1cc(OC)c([C@@H]2CC[C@H]2N)cc1OC. The second-order valence-corrected chi connectivity index (χ2v) is 4.30. The molecule has 0 spiro atoms. The molecule has 1 aromatic carbocycles. The molecule has 1 aromatic rings. The Balaban J connectivity index is 2.42. The second-order valence-electron chi connectivity index (χ2n) is 4.30. The van der Waals surface area contributed by atoms with E-state index < -0.39 is 0 Å². The smallest absolute Gasteiger partial charge is 0.164 e. The topological polar surface area (TPSA) is 53.7 Å². The first-order chi connectivity index (χ1) is 8.21. The van der Waals surface area contributed by atoms with Gasteiger partial charge in [0, 0.05) is 23.6 Å². The summed E-state index contributed by atoms with van der Waals surface area (Å²) in [5.74, 6) is 2.59. The highest BCUT2D eigenvalue weighted by Gasteiger charge is 2.32. The van der Waals surface area contributed by atoms with Gasteiger partial charge in [-0.1, -0.05) is 0 Å². The first-order valence-electron chi connectivity index (χ1n) is 5.76. The van der Waals surface area contributed by atoms with Crippen LogP contribution in [0.5, 0.6) is 17.2 Å². The molecule has 0 saturated heterocycles. The van der Waals surface area contributed by atoms with Gasteiger partial charge in [0.15, 0.2) is 11.5 Å². The van der Waals surface area contributed by atoms with Gasteiger partial charge in [0.2, 0.25) is 0 Å². The van der Waals surface area contributed by atoms with Crippen LogP contribution in [0.1, 0.15) is 24.3 Å². The van der Waals surface area contributed by atoms with Crippen molar-refractivity contribution < 1.29 is 14.2 Å². The molecule has 1 fully saturated rings. The molecule has 0 bridgehead atoms. The molecule has 1 aliphatic carbocycles. The molecule has 1 aliphatic rings. The fourth-order valence-corrected chi connectivity index (χ4v) is 2.25. The van der Waals surface area contributed by atoms with Gasteiger partial charge in [-0.15, -0.1) is 0 Å². The lowest BCUT2D eigenvalue weighted by Crippen LogP contribution is -2.37. The fraction of sp³-hybridized carbons (Fsp3) is 0.538. The Morgan fingerprint density at radius 2 is 1.53 bits per heavy atom. The zero-order chi connectivity index (χ0) is 12.4. The van der Waals surface area contributed by atoms with Gasteiger partial charge in [0.05, 0.1) is 21.3 Å².